The van der Waals surface area contributed by atoms with Crippen LogP contribution in [-0.4, -0.2) is 18.9 Å². The lowest BCUT2D eigenvalue weighted by atomic mass is 9.85. The summed E-state index contributed by atoms with van der Waals surface area (Å²) in [6.07, 6.45) is 1.15. The Balaban J connectivity index is 1.66. The summed E-state index contributed by atoms with van der Waals surface area (Å²) in [5.41, 5.74) is 1.73. The minimum absolute atomic E-state index is 0.1000. The quantitative estimate of drug-likeness (QED) is 0.744. The van der Waals surface area contributed by atoms with Crippen molar-refractivity contribution in [2.75, 3.05) is 12.4 Å². The molecule has 1 aliphatic rings. The molecule has 0 bridgehead atoms. The van der Waals surface area contributed by atoms with Crippen LogP contribution in [0.1, 0.15) is 44.7 Å². The van der Waals surface area contributed by atoms with Gasteiger partial charge in [0.15, 0.2) is 0 Å². The number of ether oxygens (including phenoxy) is 1. The van der Waals surface area contributed by atoms with Crippen LogP contribution in [0.3, 0.4) is 0 Å². The van der Waals surface area contributed by atoms with E-state index < -0.39 is 5.41 Å². The first-order valence-corrected chi connectivity index (χ1v) is 9.58. The van der Waals surface area contributed by atoms with E-state index in [4.69, 9.17) is 4.74 Å². The zero-order valence-corrected chi connectivity index (χ0v) is 17.0. The molecule has 1 saturated carbocycles. The minimum atomic E-state index is -0.961. The maximum absolute atomic E-state index is 12.9. The van der Waals surface area contributed by atoms with Gasteiger partial charge in [-0.1, -0.05) is 51.1 Å². The highest BCUT2D eigenvalue weighted by Crippen LogP contribution is 2.47. The van der Waals surface area contributed by atoms with Crippen molar-refractivity contribution < 1.29 is 14.3 Å². The summed E-state index contributed by atoms with van der Waals surface area (Å²) in [4.78, 5) is 25.7. The molecule has 0 radical (unpaired) electrons. The van der Waals surface area contributed by atoms with E-state index in [9.17, 15) is 9.59 Å². The van der Waals surface area contributed by atoms with E-state index in [1.54, 1.807) is 7.11 Å². The van der Waals surface area contributed by atoms with Crippen molar-refractivity contribution in [1.29, 1.82) is 0 Å². The first kappa shape index (κ1) is 19.9. The number of hydrogen-bond acceptors (Lipinski definition) is 3. The lowest BCUT2D eigenvalue weighted by Gasteiger charge is -2.24. The fourth-order valence-electron chi connectivity index (χ4n) is 3.27. The van der Waals surface area contributed by atoms with Gasteiger partial charge in [-0.15, -0.1) is 0 Å². The van der Waals surface area contributed by atoms with E-state index in [1.165, 1.54) is 0 Å². The van der Waals surface area contributed by atoms with Crippen molar-refractivity contribution in [2.24, 2.45) is 5.41 Å². The molecule has 2 aromatic carbocycles. The first-order chi connectivity index (χ1) is 13.3. The second-order valence-corrected chi connectivity index (χ2v) is 8.36. The lowest BCUT2D eigenvalue weighted by molar-refractivity contribution is -0.134. The van der Waals surface area contributed by atoms with Gasteiger partial charge in [-0.3, -0.25) is 9.59 Å². The standard InChI is InChI=1S/C23H28N2O3/c1-22(2,3)18-7-5-6-8-19(18)25-21(27)23(13-14-23)20(26)24-15-16-9-11-17(28-4)12-10-16/h5-12H,13-15H2,1-4H3,(H,24,26)(H,25,27). The third-order valence-corrected chi connectivity index (χ3v) is 5.21. The van der Waals surface area contributed by atoms with E-state index in [0.717, 1.165) is 22.6 Å². The van der Waals surface area contributed by atoms with Crippen LogP contribution in [0.2, 0.25) is 0 Å². The Bertz CT molecular complexity index is 862. The summed E-state index contributed by atoms with van der Waals surface area (Å²) >= 11 is 0. The molecule has 0 unspecified atom stereocenters. The van der Waals surface area contributed by atoms with Gasteiger partial charge in [-0.25, -0.2) is 0 Å². The van der Waals surface area contributed by atoms with Crippen LogP contribution >= 0.6 is 0 Å². The molecule has 0 heterocycles. The third-order valence-electron chi connectivity index (χ3n) is 5.21. The summed E-state index contributed by atoms with van der Waals surface area (Å²) in [6, 6.07) is 15.3. The molecule has 0 aromatic heterocycles. The fourth-order valence-corrected chi connectivity index (χ4v) is 3.27. The van der Waals surface area contributed by atoms with E-state index in [2.05, 4.69) is 31.4 Å². The topological polar surface area (TPSA) is 67.4 Å². The van der Waals surface area contributed by atoms with E-state index >= 15 is 0 Å². The normalized spacial score (nSPS) is 14.9. The van der Waals surface area contributed by atoms with Gasteiger partial charge in [0.25, 0.3) is 0 Å². The molecular formula is C23H28N2O3. The molecule has 2 aromatic rings. The van der Waals surface area contributed by atoms with Crippen LogP contribution in [0.15, 0.2) is 48.5 Å². The number of rotatable bonds is 6. The van der Waals surface area contributed by atoms with Crippen LogP contribution in [0, 0.1) is 5.41 Å². The molecule has 2 amide bonds. The lowest BCUT2D eigenvalue weighted by Crippen LogP contribution is -2.40. The van der Waals surface area contributed by atoms with Crippen LogP contribution in [0.5, 0.6) is 5.75 Å². The second kappa shape index (κ2) is 7.66. The zero-order chi connectivity index (χ0) is 20.4. The number of benzene rings is 2. The molecule has 0 aliphatic heterocycles. The predicted molar refractivity (Wildman–Crippen MR) is 110 cm³/mol. The van der Waals surface area contributed by atoms with Gasteiger partial charge in [0, 0.05) is 12.2 Å². The van der Waals surface area contributed by atoms with Crippen molar-refractivity contribution in [3.63, 3.8) is 0 Å². The van der Waals surface area contributed by atoms with Gasteiger partial charge in [0.1, 0.15) is 11.2 Å². The largest absolute Gasteiger partial charge is 0.497 e. The first-order valence-electron chi connectivity index (χ1n) is 9.58. The number of carbonyl (C=O) groups is 2. The van der Waals surface area contributed by atoms with E-state index in [1.807, 2.05) is 48.5 Å². The Morgan fingerprint density at radius 1 is 1.00 bits per heavy atom. The van der Waals surface area contributed by atoms with E-state index in [0.29, 0.717) is 19.4 Å². The van der Waals surface area contributed by atoms with Gasteiger partial charge in [-0.2, -0.15) is 0 Å². The van der Waals surface area contributed by atoms with Gasteiger partial charge in [0.2, 0.25) is 11.8 Å². The highest BCUT2D eigenvalue weighted by atomic mass is 16.5. The zero-order valence-electron chi connectivity index (χ0n) is 17.0. The minimum Gasteiger partial charge on any atom is -0.497 e. The van der Waals surface area contributed by atoms with Crippen molar-refractivity contribution in [1.82, 2.24) is 5.32 Å². The number of para-hydroxylation sites is 1. The molecule has 0 atom stereocenters. The van der Waals surface area contributed by atoms with Gasteiger partial charge in [-0.05, 0) is 47.6 Å². The van der Waals surface area contributed by atoms with Crippen molar-refractivity contribution in [2.45, 2.75) is 45.6 Å². The number of anilines is 1. The summed E-state index contributed by atoms with van der Waals surface area (Å²) in [5.74, 6) is 0.330. The molecule has 5 nitrogen and oxygen atoms in total. The predicted octanol–water partition coefficient (Wildman–Crippen LogP) is 4.03. The third kappa shape index (κ3) is 4.19. The van der Waals surface area contributed by atoms with Crippen molar-refractivity contribution >= 4 is 17.5 Å². The smallest absolute Gasteiger partial charge is 0.240 e. The highest BCUT2D eigenvalue weighted by Gasteiger charge is 2.56. The molecule has 0 spiro atoms. The molecule has 148 valence electrons. The Morgan fingerprint density at radius 3 is 2.21 bits per heavy atom. The average Bonchev–Trinajstić information content (AvgIpc) is 3.48. The number of amides is 2. The monoisotopic (exact) mass is 380 g/mol. The molecule has 28 heavy (non-hydrogen) atoms. The molecule has 0 saturated heterocycles. The van der Waals surface area contributed by atoms with Crippen LogP contribution in [0.25, 0.3) is 0 Å². The summed E-state index contributed by atoms with van der Waals surface area (Å²) in [7, 11) is 1.62. The van der Waals surface area contributed by atoms with Gasteiger partial charge < -0.3 is 15.4 Å². The summed E-state index contributed by atoms with van der Waals surface area (Å²) in [6.45, 7) is 6.70. The molecule has 5 heteroatoms. The Morgan fingerprint density at radius 2 is 1.64 bits per heavy atom. The second-order valence-electron chi connectivity index (χ2n) is 8.36. The Kier molecular flexibility index (Phi) is 5.45. The highest BCUT2D eigenvalue weighted by molar-refractivity contribution is 6.13. The average molecular weight is 380 g/mol. The fraction of sp³-hybridized carbons (Fsp3) is 0.391. The maximum atomic E-state index is 12.9. The van der Waals surface area contributed by atoms with E-state index in [-0.39, 0.29) is 17.2 Å². The number of hydrogen-bond donors (Lipinski definition) is 2. The van der Waals surface area contributed by atoms with Crippen LogP contribution < -0.4 is 15.4 Å². The van der Waals surface area contributed by atoms with Crippen molar-refractivity contribution in [3.05, 3.63) is 59.7 Å². The number of carbonyl (C=O) groups excluding carboxylic acids is 2. The van der Waals surface area contributed by atoms with Crippen LogP contribution in [-0.2, 0) is 21.5 Å². The maximum Gasteiger partial charge on any atom is 0.240 e. The molecule has 2 N–H and O–H groups in total. The molecule has 1 aliphatic carbocycles. The summed E-state index contributed by atoms with van der Waals surface area (Å²) in [5, 5.41) is 5.91. The number of nitrogens with one attached hydrogen (secondary N) is 2. The molecular weight excluding hydrogens is 352 g/mol. The van der Waals surface area contributed by atoms with Crippen LogP contribution in [0.4, 0.5) is 5.69 Å². The summed E-state index contributed by atoms with van der Waals surface area (Å²) < 4.78 is 5.14. The molecule has 1 fully saturated rings. The van der Waals surface area contributed by atoms with Gasteiger partial charge >= 0.3 is 0 Å². The van der Waals surface area contributed by atoms with Crippen molar-refractivity contribution in [3.8, 4) is 5.75 Å². The SMILES string of the molecule is COc1ccc(CNC(=O)C2(C(=O)Nc3ccccc3C(C)(C)C)CC2)cc1. The molecule has 3 rings (SSSR count). The van der Waals surface area contributed by atoms with Gasteiger partial charge in [0.05, 0.1) is 7.11 Å². The number of methoxy groups -OCH3 is 1. The Labute approximate surface area is 166 Å². The Hall–Kier alpha value is -2.82.